The molecule has 1 saturated heterocycles. The van der Waals surface area contributed by atoms with Crippen LogP contribution in [0.5, 0.6) is 0 Å². The molecule has 0 aromatic rings. The Bertz CT molecular complexity index is 119. The second-order valence-corrected chi connectivity index (χ2v) is 3.28. The summed E-state index contributed by atoms with van der Waals surface area (Å²) in [5, 5.41) is 9.94. The molecule has 0 amide bonds. The van der Waals surface area contributed by atoms with Gasteiger partial charge >= 0.3 is 0 Å². The molecule has 0 aliphatic carbocycles. The number of ether oxygens (including phenoxy) is 2. The van der Waals surface area contributed by atoms with Gasteiger partial charge in [0.25, 0.3) is 0 Å². The highest BCUT2D eigenvalue weighted by atomic mass is 16.5. The maximum absolute atomic E-state index is 9.94. The number of rotatable bonds is 4. The Hall–Kier alpha value is -0.120. The van der Waals surface area contributed by atoms with E-state index in [0.717, 1.165) is 25.9 Å². The van der Waals surface area contributed by atoms with Crippen molar-refractivity contribution in [3.8, 4) is 0 Å². The zero-order chi connectivity index (χ0) is 8.86. The van der Waals surface area contributed by atoms with Crippen LogP contribution in [-0.4, -0.2) is 37.1 Å². The molecule has 0 spiro atoms. The fourth-order valence-electron chi connectivity index (χ4n) is 1.41. The summed E-state index contributed by atoms with van der Waals surface area (Å²) >= 11 is 0. The zero-order valence-electron chi connectivity index (χ0n) is 7.71. The molecule has 1 heterocycles. The van der Waals surface area contributed by atoms with Crippen LogP contribution >= 0.6 is 0 Å². The Morgan fingerprint density at radius 3 is 2.67 bits per heavy atom. The molecule has 1 rings (SSSR count). The van der Waals surface area contributed by atoms with E-state index in [2.05, 4.69) is 0 Å². The van der Waals surface area contributed by atoms with Crippen molar-refractivity contribution in [2.24, 2.45) is 0 Å². The molecule has 0 bridgehead atoms. The minimum atomic E-state index is -0.520. The van der Waals surface area contributed by atoms with Crippen molar-refractivity contribution >= 4 is 0 Å². The van der Waals surface area contributed by atoms with E-state index in [9.17, 15) is 5.11 Å². The van der Waals surface area contributed by atoms with Gasteiger partial charge in [0.15, 0.2) is 0 Å². The van der Waals surface area contributed by atoms with Gasteiger partial charge in [0.05, 0.1) is 5.60 Å². The SMILES string of the molecule is CCOCCC1(O)CCOCC1. The van der Waals surface area contributed by atoms with Crippen molar-refractivity contribution < 1.29 is 14.6 Å². The van der Waals surface area contributed by atoms with E-state index < -0.39 is 5.60 Å². The fourth-order valence-corrected chi connectivity index (χ4v) is 1.41. The summed E-state index contributed by atoms with van der Waals surface area (Å²) in [4.78, 5) is 0. The van der Waals surface area contributed by atoms with Crippen molar-refractivity contribution in [1.82, 2.24) is 0 Å². The summed E-state index contributed by atoms with van der Waals surface area (Å²) < 4.78 is 10.4. The number of hydrogen-bond donors (Lipinski definition) is 1. The lowest BCUT2D eigenvalue weighted by atomic mass is 9.91. The third kappa shape index (κ3) is 3.09. The van der Waals surface area contributed by atoms with Gasteiger partial charge in [-0.2, -0.15) is 0 Å². The van der Waals surface area contributed by atoms with Gasteiger partial charge in [-0.05, 0) is 26.2 Å². The molecule has 0 radical (unpaired) electrons. The summed E-state index contributed by atoms with van der Waals surface area (Å²) in [6.07, 6.45) is 2.24. The van der Waals surface area contributed by atoms with Gasteiger partial charge in [-0.15, -0.1) is 0 Å². The molecule has 0 unspecified atom stereocenters. The molecule has 3 nitrogen and oxygen atoms in total. The first-order chi connectivity index (χ1) is 5.77. The number of aliphatic hydroxyl groups is 1. The third-order valence-electron chi connectivity index (χ3n) is 2.34. The average Bonchev–Trinajstić information content (AvgIpc) is 2.06. The van der Waals surface area contributed by atoms with Crippen molar-refractivity contribution in [3.05, 3.63) is 0 Å². The second-order valence-electron chi connectivity index (χ2n) is 3.28. The van der Waals surface area contributed by atoms with Crippen LogP contribution in [0.3, 0.4) is 0 Å². The summed E-state index contributed by atoms with van der Waals surface area (Å²) in [5.41, 5.74) is -0.520. The van der Waals surface area contributed by atoms with Crippen LogP contribution in [0.2, 0.25) is 0 Å². The Morgan fingerprint density at radius 1 is 1.42 bits per heavy atom. The van der Waals surface area contributed by atoms with Crippen LogP contribution in [0.25, 0.3) is 0 Å². The topological polar surface area (TPSA) is 38.7 Å². The summed E-state index contributed by atoms with van der Waals surface area (Å²) in [6.45, 7) is 4.72. The molecule has 0 saturated carbocycles. The van der Waals surface area contributed by atoms with Crippen molar-refractivity contribution in [1.29, 1.82) is 0 Å². The maximum atomic E-state index is 9.94. The van der Waals surface area contributed by atoms with Gasteiger partial charge < -0.3 is 14.6 Å². The molecule has 0 atom stereocenters. The highest BCUT2D eigenvalue weighted by Gasteiger charge is 2.28. The normalized spacial score (nSPS) is 22.5. The molecule has 72 valence electrons. The van der Waals surface area contributed by atoms with E-state index in [1.165, 1.54) is 0 Å². The quantitative estimate of drug-likeness (QED) is 0.645. The molecule has 0 aromatic carbocycles. The summed E-state index contributed by atoms with van der Waals surface area (Å²) in [5.74, 6) is 0. The first kappa shape index (κ1) is 9.96. The maximum Gasteiger partial charge on any atom is 0.0713 e. The standard InChI is InChI=1S/C9H18O3/c1-2-11-6-3-9(10)4-7-12-8-5-9/h10H,2-8H2,1H3. The fraction of sp³-hybridized carbons (Fsp3) is 1.00. The average molecular weight is 174 g/mol. The summed E-state index contributed by atoms with van der Waals surface area (Å²) in [6, 6.07) is 0. The molecule has 1 fully saturated rings. The van der Waals surface area contributed by atoms with E-state index in [1.54, 1.807) is 0 Å². The van der Waals surface area contributed by atoms with Crippen LogP contribution in [0.1, 0.15) is 26.2 Å². The minimum Gasteiger partial charge on any atom is -0.390 e. The molecule has 0 aromatic heterocycles. The smallest absolute Gasteiger partial charge is 0.0713 e. The van der Waals surface area contributed by atoms with Crippen molar-refractivity contribution in [2.45, 2.75) is 31.8 Å². The van der Waals surface area contributed by atoms with Gasteiger partial charge in [0, 0.05) is 26.4 Å². The Kier molecular flexibility index (Phi) is 3.98. The van der Waals surface area contributed by atoms with Gasteiger partial charge in [-0.3, -0.25) is 0 Å². The van der Waals surface area contributed by atoms with Crippen LogP contribution in [0.4, 0.5) is 0 Å². The van der Waals surface area contributed by atoms with Crippen molar-refractivity contribution in [3.63, 3.8) is 0 Å². The molecular formula is C9H18O3. The van der Waals surface area contributed by atoms with E-state index in [1.807, 2.05) is 6.92 Å². The van der Waals surface area contributed by atoms with Gasteiger partial charge in [-0.25, -0.2) is 0 Å². The first-order valence-corrected chi connectivity index (χ1v) is 4.65. The molecular weight excluding hydrogens is 156 g/mol. The predicted octanol–water partition coefficient (Wildman–Crippen LogP) is 0.955. The van der Waals surface area contributed by atoms with Crippen LogP contribution < -0.4 is 0 Å². The van der Waals surface area contributed by atoms with E-state index >= 15 is 0 Å². The lowest BCUT2D eigenvalue weighted by molar-refractivity contribution is -0.0788. The molecule has 1 N–H and O–H groups in total. The lowest BCUT2D eigenvalue weighted by Crippen LogP contribution is -2.37. The second kappa shape index (κ2) is 4.80. The summed E-state index contributed by atoms with van der Waals surface area (Å²) in [7, 11) is 0. The largest absolute Gasteiger partial charge is 0.390 e. The van der Waals surface area contributed by atoms with E-state index in [-0.39, 0.29) is 0 Å². The van der Waals surface area contributed by atoms with Gasteiger partial charge in [0.2, 0.25) is 0 Å². The Morgan fingerprint density at radius 2 is 2.08 bits per heavy atom. The van der Waals surface area contributed by atoms with Crippen LogP contribution in [-0.2, 0) is 9.47 Å². The zero-order valence-corrected chi connectivity index (χ0v) is 7.71. The Labute approximate surface area is 73.7 Å². The Balaban J connectivity index is 2.17. The van der Waals surface area contributed by atoms with E-state index in [4.69, 9.17) is 9.47 Å². The first-order valence-electron chi connectivity index (χ1n) is 4.65. The van der Waals surface area contributed by atoms with Crippen LogP contribution in [0.15, 0.2) is 0 Å². The molecule has 12 heavy (non-hydrogen) atoms. The van der Waals surface area contributed by atoms with Gasteiger partial charge in [0.1, 0.15) is 0 Å². The lowest BCUT2D eigenvalue weighted by Gasteiger charge is -2.31. The van der Waals surface area contributed by atoms with Crippen molar-refractivity contribution in [2.75, 3.05) is 26.4 Å². The predicted molar refractivity (Wildman–Crippen MR) is 46.1 cm³/mol. The number of hydrogen-bond acceptors (Lipinski definition) is 3. The molecule has 3 heteroatoms. The monoisotopic (exact) mass is 174 g/mol. The highest BCUT2D eigenvalue weighted by Crippen LogP contribution is 2.23. The van der Waals surface area contributed by atoms with E-state index in [0.29, 0.717) is 19.8 Å². The molecule has 1 aliphatic heterocycles. The minimum absolute atomic E-state index is 0.520. The highest BCUT2D eigenvalue weighted by molar-refractivity contribution is 4.80. The van der Waals surface area contributed by atoms with Crippen LogP contribution in [0, 0.1) is 0 Å². The molecule has 1 aliphatic rings. The third-order valence-corrected chi connectivity index (χ3v) is 2.34. The van der Waals surface area contributed by atoms with Gasteiger partial charge in [-0.1, -0.05) is 0 Å².